The smallest absolute Gasteiger partial charge is 0.230 e. The normalized spacial score (nSPS) is 12.1. The van der Waals surface area contributed by atoms with E-state index in [9.17, 15) is 4.79 Å². The maximum atomic E-state index is 12.1. The molecule has 5 nitrogen and oxygen atoms in total. The molecule has 0 spiro atoms. The summed E-state index contributed by atoms with van der Waals surface area (Å²) >= 11 is 3.08. The average molecular weight is 374 g/mol. The molecule has 1 aromatic carbocycles. The highest BCUT2D eigenvalue weighted by atomic mass is 32.2. The first kappa shape index (κ1) is 17.7. The highest BCUT2D eigenvalue weighted by Gasteiger charge is 2.16. The molecule has 130 valence electrons. The quantitative estimate of drug-likeness (QED) is 0.607. The van der Waals surface area contributed by atoms with Gasteiger partial charge in [0, 0.05) is 6.42 Å². The molecule has 0 saturated carbocycles. The lowest BCUT2D eigenvalue weighted by atomic mass is 10.1. The number of carbonyl (C=O) groups is 1. The second-order valence-corrected chi connectivity index (χ2v) is 8.15. The van der Waals surface area contributed by atoms with Crippen molar-refractivity contribution in [2.24, 2.45) is 0 Å². The number of nitrogens with zero attached hydrogens (tertiary/aromatic N) is 2. The Morgan fingerprint density at radius 2 is 2.08 bits per heavy atom. The molecule has 1 unspecified atom stereocenters. The van der Waals surface area contributed by atoms with Gasteiger partial charge >= 0.3 is 0 Å². The molecule has 0 fully saturated rings. The van der Waals surface area contributed by atoms with Gasteiger partial charge in [-0.3, -0.25) is 4.79 Å². The Balaban J connectivity index is 1.55. The summed E-state index contributed by atoms with van der Waals surface area (Å²) in [6.45, 7) is 4.08. The Morgan fingerprint density at radius 1 is 1.28 bits per heavy atom. The number of anilines is 1. The van der Waals surface area contributed by atoms with Crippen LogP contribution in [0.15, 0.2) is 51.4 Å². The highest BCUT2D eigenvalue weighted by molar-refractivity contribution is 8.01. The molecule has 1 atom stereocenters. The zero-order valence-electron chi connectivity index (χ0n) is 14.1. The number of nitrogens with one attached hydrogen (secondary N) is 1. The molecule has 2 aromatic heterocycles. The number of thiazole rings is 1. The van der Waals surface area contributed by atoms with Gasteiger partial charge in [0.25, 0.3) is 0 Å². The van der Waals surface area contributed by atoms with Crippen LogP contribution in [0, 0.1) is 0 Å². The number of aryl methyl sites for hydroxylation is 1. The summed E-state index contributed by atoms with van der Waals surface area (Å²) in [4.78, 5) is 20.7. The van der Waals surface area contributed by atoms with Gasteiger partial charge in [0.05, 0.1) is 28.3 Å². The summed E-state index contributed by atoms with van der Waals surface area (Å²) in [5.41, 5.74) is 0.982. The molecule has 25 heavy (non-hydrogen) atoms. The van der Waals surface area contributed by atoms with Crippen molar-refractivity contribution in [1.29, 1.82) is 0 Å². The van der Waals surface area contributed by atoms with E-state index in [0.29, 0.717) is 17.4 Å². The molecule has 3 rings (SSSR count). The van der Waals surface area contributed by atoms with Crippen molar-refractivity contribution in [2.45, 2.75) is 36.1 Å². The van der Waals surface area contributed by atoms with E-state index in [0.717, 1.165) is 22.0 Å². The second-order valence-electron chi connectivity index (χ2n) is 5.47. The van der Waals surface area contributed by atoms with Gasteiger partial charge in [-0.25, -0.2) is 9.97 Å². The molecule has 1 amide bonds. The lowest BCUT2D eigenvalue weighted by Gasteiger charge is -2.04. The van der Waals surface area contributed by atoms with Crippen LogP contribution in [0.3, 0.4) is 0 Å². The molecule has 0 aliphatic carbocycles. The van der Waals surface area contributed by atoms with Gasteiger partial charge in [0.15, 0.2) is 5.13 Å². The third kappa shape index (κ3) is 4.93. The minimum atomic E-state index is -0.0644. The van der Waals surface area contributed by atoms with Gasteiger partial charge in [0.1, 0.15) is 5.76 Å². The summed E-state index contributed by atoms with van der Waals surface area (Å²) in [5.74, 6) is 1.54. The fraction of sp³-hybridized carbons (Fsp3) is 0.278. The molecule has 0 bridgehead atoms. The van der Waals surface area contributed by atoms with Crippen LogP contribution < -0.4 is 5.32 Å². The number of hydrogen-bond acceptors (Lipinski definition) is 6. The molecular formula is C18H19N3O2S2. The Hall–Kier alpha value is -2.12. The standard InChI is InChI=1S/C18H19N3O2S2/c1-3-14-10-19-17(23-14)12(2)24-16-11-20-18(25-16)21-15(22)9-13-7-5-4-6-8-13/h4-8,10-12H,3,9H2,1-2H3,(H,20,21,22). The van der Waals surface area contributed by atoms with E-state index in [1.54, 1.807) is 24.2 Å². The maximum Gasteiger partial charge on any atom is 0.230 e. The molecular weight excluding hydrogens is 354 g/mol. The van der Waals surface area contributed by atoms with Gasteiger partial charge in [0.2, 0.25) is 11.8 Å². The van der Waals surface area contributed by atoms with E-state index in [2.05, 4.69) is 15.3 Å². The molecule has 3 aromatic rings. The van der Waals surface area contributed by atoms with Gasteiger partial charge in [-0.2, -0.15) is 0 Å². The Morgan fingerprint density at radius 3 is 2.80 bits per heavy atom. The first-order valence-electron chi connectivity index (χ1n) is 8.05. The number of aromatic nitrogens is 2. The number of oxazole rings is 1. The third-order valence-electron chi connectivity index (χ3n) is 3.50. The summed E-state index contributed by atoms with van der Waals surface area (Å²) in [6, 6.07) is 9.66. The predicted octanol–water partition coefficient (Wildman–Crippen LogP) is 4.73. The highest BCUT2D eigenvalue weighted by Crippen LogP contribution is 2.38. The van der Waals surface area contributed by atoms with Crippen molar-refractivity contribution in [1.82, 2.24) is 9.97 Å². The molecule has 0 aliphatic heterocycles. The first-order valence-corrected chi connectivity index (χ1v) is 9.74. The van der Waals surface area contributed by atoms with Crippen LogP contribution >= 0.6 is 23.1 Å². The number of carbonyl (C=O) groups excluding carboxylic acids is 1. The predicted molar refractivity (Wildman–Crippen MR) is 101 cm³/mol. The van der Waals surface area contributed by atoms with Gasteiger partial charge in [-0.1, -0.05) is 48.6 Å². The molecule has 7 heteroatoms. The van der Waals surface area contributed by atoms with Crippen LogP contribution in [0.1, 0.15) is 36.3 Å². The second kappa shape index (κ2) is 8.31. The van der Waals surface area contributed by atoms with E-state index < -0.39 is 0 Å². The van der Waals surface area contributed by atoms with E-state index in [4.69, 9.17) is 4.42 Å². The zero-order chi connectivity index (χ0) is 17.6. The van der Waals surface area contributed by atoms with Crippen molar-refractivity contribution >= 4 is 34.1 Å². The van der Waals surface area contributed by atoms with Crippen LogP contribution in [-0.4, -0.2) is 15.9 Å². The lowest BCUT2D eigenvalue weighted by Crippen LogP contribution is -2.13. The maximum absolute atomic E-state index is 12.1. The fourth-order valence-corrected chi connectivity index (χ4v) is 4.32. The molecule has 1 N–H and O–H groups in total. The summed E-state index contributed by atoms with van der Waals surface area (Å²) in [7, 11) is 0. The summed E-state index contributed by atoms with van der Waals surface area (Å²) in [6.07, 6.45) is 4.72. The third-order valence-corrected chi connectivity index (χ3v) is 5.64. The van der Waals surface area contributed by atoms with E-state index in [-0.39, 0.29) is 11.2 Å². The Bertz CT molecular complexity index is 830. The van der Waals surface area contributed by atoms with Crippen molar-refractivity contribution in [3.63, 3.8) is 0 Å². The minimum Gasteiger partial charge on any atom is -0.445 e. The van der Waals surface area contributed by atoms with Crippen LogP contribution in [-0.2, 0) is 17.6 Å². The van der Waals surface area contributed by atoms with Crippen molar-refractivity contribution in [3.8, 4) is 0 Å². The van der Waals surface area contributed by atoms with Crippen molar-refractivity contribution in [2.75, 3.05) is 5.32 Å². The van der Waals surface area contributed by atoms with Crippen LogP contribution in [0.2, 0.25) is 0 Å². The molecule has 0 radical (unpaired) electrons. The molecule has 0 saturated heterocycles. The summed E-state index contributed by atoms with van der Waals surface area (Å²) in [5, 5.41) is 3.55. The number of rotatable bonds is 7. The van der Waals surface area contributed by atoms with Gasteiger partial charge in [-0.05, 0) is 12.5 Å². The fourth-order valence-electron chi connectivity index (χ4n) is 2.21. The van der Waals surface area contributed by atoms with Gasteiger partial charge in [-0.15, -0.1) is 11.8 Å². The summed E-state index contributed by atoms with van der Waals surface area (Å²) < 4.78 is 6.70. The zero-order valence-corrected chi connectivity index (χ0v) is 15.7. The topological polar surface area (TPSA) is 68.0 Å². The van der Waals surface area contributed by atoms with E-state index >= 15 is 0 Å². The van der Waals surface area contributed by atoms with Crippen molar-refractivity contribution < 1.29 is 9.21 Å². The number of amides is 1. The van der Waals surface area contributed by atoms with E-state index in [1.807, 2.05) is 44.2 Å². The largest absolute Gasteiger partial charge is 0.445 e. The molecule has 2 heterocycles. The van der Waals surface area contributed by atoms with Crippen LogP contribution in [0.5, 0.6) is 0 Å². The number of thioether (sulfide) groups is 1. The first-order chi connectivity index (χ1) is 12.1. The average Bonchev–Trinajstić information content (AvgIpc) is 3.25. The van der Waals surface area contributed by atoms with E-state index in [1.165, 1.54) is 11.3 Å². The number of benzene rings is 1. The van der Waals surface area contributed by atoms with Crippen LogP contribution in [0.4, 0.5) is 5.13 Å². The lowest BCUT2D eigenvalue weighted by molar-refractivity contribution is -0.115. The minimum absolute atomic E-state index is 0.0644. The van der Waals surface area contributed by atoms with Gasteiger partial charge < -0.3 is 9.73 Å². The Labute approximate surface area is 154 Å². The molecule has 0 aliphatic rings. The van der Waals surface area contributed by atoms with Crippen LogP contribution in [0.25, 0.3) is 0 Å². The monoisotopic (exact) mass is 373 g/mol. The van der Waals surface area contributed by atoms with Crippen molar-refractivity contribution in [3.05, 3.63) is 59.9 Å². The number of hydrogen-bond donors (Lipinski definition) is 1. The Kier molecular flexibility index (Phi) is 5.88. The SMILES string of the molecule is CCc1cnc(C(C)Sc2cnc(NC(=O)Cc3ccccc3)s2)o1.